The highest BCUT2D eigenvalue weighted by atomic mass is 79.9. The van der Waals surface area contributed by atoms with Gasteiger partial charge in [-0.1, -0.05) is 11.6 Å². The lowest BCUT2D eigenvalue weighted by Crippen LogP contribution is -2.07. The molecule has 0 aliphatic heterocycles. The maximum atomic E-state index is 13.0. The zero-order valence-electron chi connectivity index (χ0n) is 6.44. The first-order valence-corrected chi connectivity index (χ1v) is 4.60. The van der Waals surface area contributed by atoms with E-state index in [2.05, 4.69) is 15.9 Å². The maximum Gasteiger partial charge on any atom is 0.137 e. The van der Waals surface area contributed by atoms with Gasteiger partial charge >= 0.3 is 0 Å². The van der Waals surface area contributed by atoms with Crippen LogP contribution in [0.3, 0.4) is 0 Å². The van der Waals surface area contributed by atoms with Crippen molar-refractivity contribution in [1.29, 1.82) is 0 Å². The Morgan fingerprint density at radius 1 is 1.58 bits per heavy atom. The fraction of sp³-hybridized carbons (Fsp3) is 0.250. The van der Waals surface area contributed by atoms with Crippen LogP contribution in [-0.4, -0.2) is 0 Å². The van der Waals surface area contributed by atoms with Gasteiger partial charge in [-0.2, -0.15) is 0 Å². The van der Waals surface area contributed by atoms with Crippen LogP contribution in [0.25, 0.3) is 0 Å². The van der Waals surface area contributed by atoms with Gasteiger partial charge in [0.25, 0.3) is 0 Å². The molecule has 0 heterocycles. The predicted molar refractivity (Wildman–Crippen MR) is 51.7 cm³/mol. The Kier molecular flexibility index (Phi) is 3.09. The molecular weight excluding hydrogens is 244 g/mol. The van der Waals surface area contributed by atoms with E-state index < -0.39 is 0 Å². The van der Waals surface area contributed by atoms with Crippen molar-refractivity contribution in [2.45, 2.75) is 13.0 Å². The van der Waals surface area contributed by atoms with Crippen LogP contribution in [-0.2, 0) is 0 Å². The van der Waals surface area contributed by atoms with E-state index in [-0.39, 0.29) is 11.9 Å². The minimum absolute atomic E-state index is 0.275. The Bertz CT molecular complexity index is 301. The lowest BCUT2D eigenvalue weighted by molar-refractivity contribution is 0.614. The molecule has 12 heavy (non-hydrogen) atoms. The zero-order valence-corrected chi connectivity index (χ0v) is 8.79. The van der Waals surface area contributed by atoms with E-state index >= 15 is 0 Å². The van der Waals surface area contributed by atoms with Gasteiger partial charge in [0.15, 0.2) is 0 Å². The summed E-state index contributed by atoms with van der Waals surface area (Å²) in [5, 5.41) is 0.485. The Hall–Kier alpha value is -0.120. The molecule has 0 unspecified atom stereocenters. The lowest BCUT2D eigenvalue weighted by atomic mass is 10.1. The molecule has 0 fully saturated rings. The Balaban J connectivity index is 3.33. The first-order valence-electron chi connectivity index (χ1n) is 3.43. The minimum atomic E-state index is -0.341. The molecule has 0 aliphatic carbocycles. The summed E-state index contributed by atoms with van der Waals surface area (Å²) in [6, 6.07) is 2.53. The standard InChI is InChI=1S/C8H8BrClFN/c1-4(12)7-5(10)2-3-6(11)8(7)9/h2-4H,12H2,1H3/t4-/m1/s1. The molecule has 0 radical (unpaired) electrons. The summed E-state index contributed by atoms with van der Waals surface area (Å²) in [6.07, 6.45) is 0. The molecule has 0 saturated carbocycles. The van der Waals surface area contributed by atoms with E-state index in [9.17, 15) is 4.39 Å². The molecule has 0 bridgehead atoms. The van der Waals surface area contributed by atoms with Gasteiger partial charge < -0.3 is 5.73 Å². The third kappa shape index (κ3) is 1.79. The lowest BCUT2D eigenvalue weighted by Gasteiger charge is -2.10. The first-order chi connectivity index (χ1) is 5.54. The summed E-state index contributed by atoms with van der Waals surface area (Å²) in [5.74, 6) is -0.341. The normalized spacial score (nSPS) is 13.1. The van der Waals surface area contributed by atoms with Crippen molar-refractivity contribution in [1.82, 2.24) is 0 Å². The van der Waals surface area contributed by atoms with Crippen molar-refractivity contribution in [2.75, 3.05) is 0 Å². The Morgan fingerprint density at radius 2 is 2.17 bits per heavy atom. The molecule has 0 aromatic heterocycles. The van der Waals surface area contributed by atoms with Gasteiger partial charge in [-0.05, 0) is 35.0 Å². The molecule has 0 aliphatic rings. The van der Waals surface area contributed by atoms with E-state index in [1.165, 1.54) is 12.1 Å². The number of rotatable bonds is 1. The van der Waals surface area contributed by atoms with Crippen molar-refractivity contribution in [2.24, 2.45) is 5.73 Å². The summed E-state index contributed by atoms with van der Waals surface area (Å²) in [5.41, 5.74) is 6.21. The van der Waals surface area contributed by atoms with E-state index in [4.69, 9.17) is 17.3 Å². The molecule has 0 spiro atoms. The van der Waals surface area contributed by atoms with Gasteiger partial charge in [0.1, 0.15) is 5.82 Å². The fourth-order valence-corrected chi connectivity index (χ4v) is 2.11. The van der Waals surface area contributed by atoms with Crippen LogP contribution in [0.5, 0.6) is 0 Å². The zero-order chi connectivity index (χ0) is 9.30. The van der Waals surface area contributed by atoms with Crippen molar-refractivity contribution >= 4 is 27.5 Å². The van der Waals surface area contributed by atoms with Crippen molar-refractivity contribution in [3.8, 4) is 0 Å². The second-order valence-electron chi connectivity index (χ2n) is 2.55. The van der Waals surface area contributed by atoms with Crippen molar-refractivity contribution in [3.05, 3.63) is 33.0 Å². The number of halogens is 3. The number of hydrogen-bond donors (Lipinski definition) is 1. The van der Waals surface area contributed by atoms with E-state index in [0.717, 1.165) is 0 Å². The highest BCUT2D eigenvalue weighted by molar-refractivity contribution is 9.10. The Morgan fingerprint density at radius 3 is 2.58 bits per heavy atom. The van der Waals surface area contributed by atoms with E-state index in [0.29, 0.717) is 15.1 Å². The molecule has 66 valence electrons. The van der Waals surface area contributed by atoms with Crippen LogP contribution < -0.4 is 5.73 Å². The predicted octanol–water partition coefficient (Wildman–Crippen LogP) is 3.26. The second-order valence-corrected chi connectivity index (χ2v) is 3.75. The third-order valence-corrected chi connectivity index (χ3v) is 2.67. The van der Waals surface area contributed by atoms with Crippen molar-refractivity contribution < 1.29 is 4.39 Å². The van der Waals surface area contributed by atoms with Gasteiger partial charge in [-0.25, -0.2) is 4.39 Å². The van der Waals surface area contributed by atoms with Gasteiger partial charge in [0, 0.05) is 16.6 Å². The molecule has 1 atom stereocenters. The molecule has 1 aromatic rings. The molecule has 1 aromatic carbocycles. The molecule has 0 amide bonds. The third-order valence-electron chi connectivity index (χ3n) is 1.53. The average molecular weight is 253 g/mol. The monoisotopic (exact) mass is 251 g/mol. The van der Waals surface area contributed by atoms with Gasteiger partial charge in [-0.15, -0.1) is 0 Å². The van der Waals surface area contributed by atoms with Gasteiger partial charge in [-0.3, -0.25) is 0 Å². The number of benzene rings is 1. The van der Waals surface area contributed by atoms with Crippen LogP contribution in [0.4, 0.5) is 4.39 Å². The Labute approximate surface area is 83.8 Å². The van der Waals surface area contributed by atoms with Crippen LogP contribution in [0.15, 0.2) is 16.6 Å². The van der Waals surface area contributed by atoms with E-state index in [1.807, 2.05) is 0 Å². The van der Waals surface area contributed by atoms with Gasteiger partial charge in [0.2, 0.25) is 0 Å². The minimum Gasteiger partial charge on any atom is -0.324 e. The molecule has 0 saturated heterocycles. The number of nitrogens with two attached hydrogens (primary N) is 1. The fourth-order valence-electron chi connectivity index (χ4n) is 0.960. The summed E-state index contributed by atoms with van der Waals surface area (Å²) < 4.78 is 13.3. The SMILES string of the molecule is C[C@@H](N)c1c(Cl)ccc(F)c1Br. The van der Waals surface area contributed by atoms with Gasteiger partial charge in [0.05, 0.1) is 4.47 Å². The molecule has 1 nitrogen and oxygen atoms in total. The van der Waals surface area contributed by atoms with Crippen molar-refractivity contribution in [3.63, 3.8) is 0 Å². The molecule has 2 N–H and O–H groups in total. The smallest absolute Gasteiger partial charge is 0.137 e. The first kappa shape index (κ1) is 9.96. The highest BCUT2D eigenvalue weighted by Gasteiger charge is 2.12. The van der Waals surface area contributed by atoms with E-state index in [1.54, 1.807) is 6.92 Å². The topological polar surface area (TPSA) is 26.0 Å². The molecular formula is C8H8BrClFN. The highest BCUT2D eigenvalue weighted by Crippen LogP contribution is 2.31. The average Bonchev–Trinajstić information content (AvgIpc) is 1.97. The summed E-state index contributed by atoms with van der Waals surface area (Å²) in [4.78, 5) is 0. The summed E-state index contributed by atoms with van der Waals surface area (Å²) >= 11 is 8.91. The number of hydrogen-bond acceptors (Lipinski definition) is 1. The maximum absolute atomic E-state index is 13.0. The molecule has 1 rings (SSSR count). The van der Waals surface area contributed by atoms with Crippen LogP contribution in [0, 0.1) is 5.82 Å². The van der Waals surface area contributed by atoms with Crippen LogP contribution >= 0.6 is 27.5 Å². The quantitative estimate of drug-likeness (QED) is 0.763. The largest absolute Gasteiger partial charge is 0.324 e. The van der Waals surface area contributed by atoms with Crippen LogP contribution in [0.2, 0.25) is 5.02 Å². The summed E-state index contributed by atoms with van der Waals surface area (Å²) in [7, 11) is 0. The second kappa shape index (κ2) is 3.73. The van der Waals surface area contributed by atoms with Crippen LogP contribution in [0.1, 0.15) is 18.5 Å². The molecule has 4 heteroatoms. The summed E-state index contributed by atoms with van der Waals surface area (Å²) in [6.45, 7) is 1.76.